The van der Waals surface area contributed by atoms with Crippen LogP contribution in [-0.4, -0.2) is 25.5 Å². The number of halogens is 4. The maximum atomic E-state index is 13.5. The summed E-state index contributed by atoms with van der Waals surface area (Å²) in [6, 6.07) is 10.7. The molecule has 0 radical (unpaired) electrons. The van der Waals surface area contributed by atoms with Gasteiger partial charge in [0.15, 0.2) is 5.65 Å². The van der Waals surface area contributed by atoms with E-state index in [1.165, 1.54) is 47.1 Å². The Kier molecular flexibility index (Phi) is 4.45. The van der Waals surface area contributed by atoms with Gasteiger partial charge < -0.3 is 5.32 Å². The summed E-state index contributed by atoms with van der Waals surface area (Å²) in [5.41, 5.74) is 0.128. The van der Waals surface area contributed by atoms with Gasteiger partial charge in [0.25, 0.3) is 5.91 Å². The second-order valence-electron chi connectivity index (χ2n) is 6.02. The van der Waals surface area contributed by atoms with E-state index in [9.17, 15) is 22.4 Å². The molecule has 0 atom stereocenters. The topological polar surface area (TPSA) is 72.2 Å². The molecular weight excluding hydrogens is 390 g/mol. The van der Waals surface area contributed by atoms with Crippen molar-refractivity contribution >= 4 is 17.2 Å². The van der Waals surface area contributed by atoms with Crippen LogP contribution < -0.4 is 5.32 Å². The Hall–Kier alpha value is -3.82. The summed E-state index contributed by atoms with van der Waals surface area (Å²) >= 11 is 0. The first kappa shape index (κ1) is 18.5. The van der Waals surface area contributed by atoms with Gasteiger partial charge in [0.1, 0.15) is 17.2 Å². The van der Waals surface area contributed by atoms with Gasteiger partial charge in [0.2, 0.25) is 0 Å². The third-order valence-corrected chi connectivity index (χ3v) is 4.02. The lowest BCUT2D eigenvalue weighted by molar-refractivity contribution is -0.141. The Labute approximate surface area is 160 Å². The summed E-state index contributed by atoms with van der Waals surface area (Å²) < 4.78 is 53.2. The Balaban J connectivity index is 1.66. The summed E-state index contributed by atoms with van der Waals surface area (Å²) in [6.07, 6.45) is -2.20. The van der Waals surface area contributed by atoms with Crippen LogP contribution in [0.1, 0.15) is 16.2 Å². The molecule has 0 spiro atoms. The number of alkyl halides is 3. The average molecular weight is 401 g/mol. The third-order valence-electron chi connectivity index (χ3n) is 4.02. The van der Waals surface area contributed by atoms with Crippen molar-refractivity contribution in [2.24, 2.45) is 0 Å². The lowest BCUT2D eigenvalue weighted by atomic mass is 10.2. The van der Waals surface area contributed by atoms with Crippen molar-refractivity contribution < 1.29 is 22.4 Å². The van der Waals surface area contributed by atoms with Crippen LogP contribution in [0.25, 0.3) is 16.9 Å². The van der Waals surface area contributed by atoms with Crippen LogP contribution in [0.15, 0.2) is 60.9 Å². The first-order valence-corrected chi connectivity index (χ1v) is 8.26. The maximum Gasteiger partial charge on any atom is 0.433 e. The highest BCUT2D eigenvalue weighted by Gasteiger charge is 2.32. The number of anilines is 1. The molecule has 0 saturated heterocycles. The van der Waals surface area contributed by atoms with E-state index in [2.05, 4.69) is 20.4 Å². The van der Waals surface area contributed by atoms with Gasteiger partial charge in [-0.25, -0.2) is 13.9 Å². The first-order chi connectivity index (χ1) is 13.8. The molecule has 0 aliphatic carbocycles. The van der Waals surface area contributed by atoms with Gasteiger partial charge in [-0.2, -0.15) is 18.3 Å². The molecule has 4 rings (SSSR count). The fraction of sp³-hybridized carbons (Fsp3) is 0.0526. The lowest BCUT2D eigenvalue weighted by Gasteiger charge is -2.09. The number of aromatic nitrogens is 4. The highest BCUT2D eigenvalue weighted by atomic mass is 19.4. The summed E-state index contributed by atoms with van der Waals surface area (Å²) in [7, 11) is 0. The Bertz CT molecular complexity index is 1220. The SMILES string of the molecule is O=C(Nc1ccnc(C(F)(F)F)c1)c1ccc2ncc(-c3cccc(F)c3)n2n1. The molecule has 10 heteroatoms. The van der Waals surface area contributed by atoms with E-state index in [0.717, 1.165) is 12.3 Å². The second-order valence-corrected chi connectivity index (χ2v) is 6.02. The van der Waals surface area contributed by atoms with Crippen molar-refractivity contribution in [3.05, 3.63) is 78.1 Å². The van der Waals surface area contributed by atoms with Gasteiger partial charge in [-0.1, -0.05) is 12.1 Å². The average Bonchev–Trinajstić information content (AvgIpc) is 3.11. The van der Waals surface area contributed by atoms with Crippen molar-refractivity contribution in [3.63, 3.8) is 0 Å². The highest BCUT2D eigenvalue weighted by Crippen LogP contribution is 2.29. The zero-order chi connectivity index (χ0) is 20.6. The smallest absolute Gasteiger partial charge is 0.320 e. The Morgan fingerprint density at radius 2 is 1.86 bits per heavy atom. The fourth-order valence-electron chi connectivity index (χ4n) is 2.70. The molecule has 6 nitrogen and oxygen atoms in total. The zero-order valence-electron chi connectivity index (χ0n) is 14.5. The van der Waals surface area contributed by atoms with E-state index in [1.807, 2.05) is 0 Å². The number of carbonyl (C=O) groups is 1. The quantitative estimate of drug-likeness (QED) is 0.523. The minimum atomic E-state index is -4.63. The standard InChI is InChI=1S/C19H11F4N5O/c20-12-3-1-2-11(8-12)15-10-25-17-5-4-14(27-28(15)17)18(29)26-13-6-7-24-16(9-13)19(21,22)23/h1-10H,(H,24,26,29). The predicted molar refractivity (Wildman–Crippen MR) is 95.6 cm³/mol. The number of hydrogen-bond donors (Lipinski definition) is 1. The molecule has 0 unspecified atom stereocenters. The number of rotatable bonds is 3. The van der Waals surface area contributed by atoms with Gasteiger partial charge in [-0.3, -0.25) is 9.78 Å². The largest absolute Gasteiger partial charge is 0.433 e. The summed E-state index contributed by atoms with van der Waals surface area (Å²) in [6.45, 7) is 0. The zero-order valence-corrected chi connectivity index (χ0v) is 14.5. The molecule has 1 aromatic carbocycles. The third kappa shape index (κ3) is 3.77. The van der Waals surface area contributed by atoms with Crippen LogP contribution in [0, 0.1) is 5.82 Å². The number of imidazole rings is 1. The first-order valence-electron chi connectivity index (χ1n) is 8.26. The van der Waals surface area contributed by atoms with E-state index in [1.54, 1.807) is 6.07 Å². The maximum absolute atomic E-state index is 13.5. The van der Waals surface area contributed by atoms with Crippen molar-refractivity contribution in [2.45, 2.75) is 6.18 Å². The highest BCUT2D eigenvalue weighted by molar-refractivity contribution is 6.02. The molecule has 0 aliphatic heterocycles. The van der Waals surface area contributed by atoms with Crippen LogP contribution in [0.2, 0.25) is 0 Å². The summed E-state index contributed by atoms with van der Waals surface area (Å²) in [5, 5.41) is 6.55. The van der Waals surface area contributed by atoms with E-state index in [0.29, 0.717) is 16.9 Å². The molecule has 3 aromatic heterocycles. The molecule has 4 aromatic rings. The molecule has 1 amide bonds. The molecule has 0 fully saturated rings. The minimum Gasteiger partial charge on any atom is -0.320 e. The van der Waals surface area contributed by atoms with Crippen LogP contribution in [0.4, 0.5) is 23.2 Å². The molecule has 0 saturated carbocycles. The van der Waals surface area contributed by atoms with Gasteiger partial charge in [-0.05, 0) is 36.4 Å². The van der Waals surface area contributed by atoms with Gasteiger partial charge in [-0.15, -0.1) is 0 Å². The minimum absolute atomic E-state index is 0.0569. The molecule has 1 N–H and O–H groups in total. The number of hydrogen-bond acceptors (Lipinski definition) is 4. The number of amides is 1. The van der Waals surface area contributed by atoms with Crippen LogP contribution in [0.5, 0.6) is 0 Å². The van der Waals surface area contributed by atoms with E-state index < -0.39 is 23.6 Å². The number of carbonyl (C=O) groups excluding carboxylic acids is 1. The predicted octanol–water partition coefficient (Wildman–Crippen LogP) is 4.20. The molecule has 0 aliphatic rings. The summed E-state index contributed by atoms with van der Waals surface area (Å²) in [4.78, 5) is 19.9. The molecule has 0 bridgehead atoms. The lowest BCUT2D eigenvalue weighted by Crippen LogP contribution is -2.16. The Morgan fingerprint density at radius 3 is 2.62 bits per heavy atom. The molecule has 29 heavy (non-hydrogen) atoms. The van der Waals surface area contributed by atoms with E-state index in [4.69, 9.17) is 0 Å². The van der Waals surface area contributed by atoms with Crippen molar-refractivity contribution in [1.29, 1.82) is 0 Å². The van der Waals surface area contributed by atoms with Crippen molar-refractivity contribution in [2.75, 3.05) is 5.32 Å². The van der Waals surface area contributed by atoms with Crippen molar-refractivity contribution in [3.8, 4) is 11.3 Å². The number of nitrogens with zero attached hydrogens (tertiary/aromatic N) is 4. The molecule has 146 valence electrons. The van der Waals surface area contributed by atoms with E-state index >= 15 is 0 Å². The van der Waals surface area contributed by atoms with Crippen LogP contribution >= 0.6 is 0 Å². The normalized spacial score (nSPS) is 11.6. The summed E-state index contributed by atoms with van der Waals surface area (Å²) in [5.74, 6) is -1.16. The van der Waals surface area contributed by atoms with Gasteiger partial charge >= 0.3 is 6.18 Å². The molecular formula is C19H11F4N5O. The monoisotopic (exact) mass is 401 g/mol. The number of nitrogens with one attached hydrogen (secondary N) is 1. The van der Waals surface area contributed by atoms with E-state index in [-0.39, 0.29) is 11.4 Å². The Morgan fingerprint density at radius 1 is 1.03 bits per heavy atom. The van der Waals surface area contributed by atoms with Gasteiger partial charge in [0.05, 0.1) is 11.9 Å². The molecule has 3 heterocycles. The fourth-order valence-corrected chi connectivity index (χ4v) is 2.70. The number of fused-ring (bicyclic) bond motifs is 1. The van der Waals surface area contributed by atoms with Crippen molar-refractivity contribution in [1.82, 2.24) is 19.6 Å². The second kappa shape index (κ2) is 6.97. The number of pyridine rings is 1. The number of benzene rings is 1. The van der Waals surface area contributed by atoms with Crippen LogP contribution in [-0.2, 0) is 6.18 Å². The van der Waals surface area contributed by atoms with Gasteiger partial charge in [0, 0.05) is 17.4 Å². The van der Waals surface area contributed by atoms with Crippen LogP contribution in [0.3, 0.4) is 0 Å².